The minimum absolute atomic E-state index is 0.106. The number of hydrogen-bond acceptors (Lipinski definition) is 6. The van der Waals surface area contributed by atoms with E-state index in [0.29, 0.717) is 30.8 Å². The van der Waals surface area contributed by atoms with Crippen LogP contribution in [0.2, 0.25) is 0 Å². The van der Waals surface area contributed by atoms with Gasteiger partial charge in [0.25, 0.3) is 0 Å². The van der Waals surface area contributed by atoms with Crippen LogP contribution in [0.3, 0.4) is 0 Å². The molecule has 0 aliphatic rings. The number of hydrogen-bond donors (Lipinski definition) is 1. The monoisotopic (exact) mass is 347 g/mol. The summed E-state index contributed by atoms with van der Waals surface area (Å²) in [6.07, 6.45) is 3.68. The second kappa shape index (κ2) is 9.77. The van der Waals surface area contributed by atoms with Crippen LogP contribution < -0.4 is 5.32 Å². The van der Waals surface area contributed by atoms with E-state index in [1.165, 1.54) is 24.0 Å². The summed E-state index contributed by atoms with van der Waals surface area (Å²) in [6.45, 7) is 0. The lowest BCUT2D eigenvalue weighted by atomic mass is 10.1. The van der Waals surface area contributed by atoms with Crippen LogP contribution in [0.25, 0.3) is 0 Å². The van der Waals surface area contributed by atoms with Gasteiger partial charge in [-0.3, -0.25) is 9.59 Å². The molecule has 0 aliphatic heterocycles. The number of nitrogens with zero attached hydrogens (tertiary/aromatic N) is 2. The lowest BCUT2D eigenvalue weighted by Crippen LogP contribution is -2.11. The molecule has 24 heavy (non-hydrogen) atoms. The number of nitrogens with one attached hydrogen (secondary N) is 1. The van der Waals surface area contributed by atoms with Crippen molar-refractivity contribution in [3.63, 3.8) is 0 Å². The third-order valence-corrected chi connectivity index (χ3v) is 4.34. The van der Waals surface area contributed by atoms with E-state index in [2.05, 4.69) is 32.4 Å². The highest BCUT2D eigenvalue weighted by Crippen LogP contribution is 2.17. The molecular weight excluding hydrogens is 326 g/mol. The van der Waals surface area contributed by atoms with Crippen LogP contribution in [0.4, 0.5) is 5.13 Å². The van der Waals surface area contributed by atoms with Gasteiger partial charge in [-0.1, -0.05) is 41.7 Å². The predicted molar refractivity (Wildman–Crippen MR) is 92.9 cm³/mol. The molecule has 6 nitrogen and oxygen atoms in total. The Kier molecular flexibility index (Phi) is 7.35. The van der Waals surface area contributed by atoms with Crippen LogP contribution in [0, 0.1) is 0 Å². The van der Waals surface area contributed by atoms with Gasteiger partial charge in [0, 0.05) is 19.3 Å². The fraction of sp³-hybridized carbons (Fsp3) is 0.412. The number of methoxy groups -OCH3 is 1. The zero-order chi connectivity index (χ0) is 17.2. The van der Waals surface area contributed by atoms with Gasteiger partial charge >= 0.3 is 5.97 Å². The van der Waals surface area contributed by atoms with Crippen LogP contribution in [0.5, 0.6) is 0 Å². The molecule has 0 atom stereocenters. The summed E-state index contributed by atoms with van der Waals surface area (Å²) in [5, 5.41) is 12.3. The van der Waals surface area contributed by atoms with Gasteiger partial charge < -0.3 is 10.1 Å². The van der Waals surface area contributed by atoms with Gasteiger partial charge in [-0.15, -0.1) is 10.2 Å². The first-order valence-electron chi connectivity index (χ1n) is 7.90. The second-order valence-corrected chi connectivity index (χ2v) is 6.38. The minimum atomic E-state index is -0.248. The van der Waals surface area contributed by atoms with Gasteiger partial charge in [0.05, 0.1) is 7.11 Å². The molecular formula is C17H21N3O3S. The van der Waals surface area contributed by atoms with Crippen LogP contribution >= 0.6 is 11.3 Å². The Hall–Kier alpha value is -2.28. The molecule has 128 valence electrons. The first-order valence-corrected chi connectivity index (χ1v) is 8.72. The Labute approximate surface area is 145 Å². The number of anilines is 1. The predicted octanol–water partition coefficient (Wildman–Crippen LogP) is 3.00. The number of benzene rings is 1. The topological polar surface area (TPSA) is 81.2 Å². The van der Waals surface area contributed by atoms with Crippen molar-refractivity contribution >= 4 is 28.3 Å². The summed E-state index contributed by atoms with van der Waals surface area (Å²) in [5.74, 6) is -0.354. The molecule has 0 bridgehead atoms. The van der Waals surface area contributed by atoms with Crippen molar-refractivity contribution in [3.05, 3.63) is 40.9 Å². The van der Waals surface area contributed by atoms with E-state index >= 15 is 0 Å². The van der Waals surface area contributed by atoms with Crippen LogP contribution in [-0.4, -0.2) is 29.2 Å². The van der Waals surface area contributed by atoms with E-state index in [1.807, 2.05) is 18.2 Å². The quantitative estimate of drug-likeness (QED) is 0.557. The third kappa shape index (κ3) is 6.45. The number of esters is 1. The van der Waals surface area contributed by atoms with Gasteiger partial charge in [-0.2, -0.15) is 0 Å². The van der Waals surface area contributed by atoms with Crippen LogP contribution in [0.1, 0.15) is 36.3 Å². The van der Waals surface area contributed by atoms with Crippen LogP contribution in [0.15, 0.2) is 30.3 Å². The van der Waals surface area contributed by atoms with Crippen LogP contribution in [-0.2, 0) is 27.2 Å². The maximum absolute atomic E-state index is 11.8. The molecule has 0 aliphatic carbocycles. The van der Waals surface area contributed by atoms with Gasteiger partial charge in [0.15, 0.2) is 0 Å². The normalized spacial score (nSPS) is 10.4. The van der Waals surface area contributed by atoms with Crippen molar-refractivity contribution in [2.45, 2.75) is 38.5 Å². The van der Waals surface area contributed by atoms with Gasteiger partial charge in [-0.25, -0.2) is 0 Å². The summed E-state index contributed by atoms with van der Waals surface area (Å²) >= 11 is 1.40. The lowest BCUT2D eigenvalue weighted by molar-refractivity contribution is -0.140. The number of ether oxygens (including phenoxy) is 1. The smallest absolute Gasteiger partial charge is 0.305 e. The first-order chi connectivity index (χ1) is 11.7. The number of carbonyl (C=O) groups excluding carboxylic acids is 2. The SMILES string of the molecule is COC(=O)CCCCC(=O)Nc1nnc(CCc2ccccc2)s1. The molecule has 1 aromatic carbocycles. The maximum Gasteiger partial charge on any atom is 0.305 e. The van der Waals surface area contributed by atoms with Crippen molar-refractivity contribution in [3.8, 4) is 0 Å². The Morgan fingerprint density at radius 3 is 2.58 bits per heavy atom. The number of amides is 1. The molecule has 0 saturated carbocycles. The van der Waals surface area contributed by atoms with Gasteiger partial charge in [0.1, 0.15) is 5.01 Å². The number of rotatable bonds is 9. The zero-order valence-corrected chi connectivity index (χ0v) is 14.5. The van der Waals surface area contributed by atoms with Crippen molar-refractivity contribution < 1.29 is 14.3 Å². The maximum atomic E-state index is 11.8. The van der Waals surface area contributed by atoms with E-state index in [0.717, 1.165) is 17.8 Å². The molecule has 1 heterocycles. The molecule has 0 unspecified atom stereocenters. The van der Waals surface area contributed by atoms with Gasteiger partial charge in [-0.05, 0) is 24.8 Å². The van der Waals surface area contributed by atoms with Gasteiger partial charge in [0.2, 0.25) is 11.0 Å². The molecule has 0 radical (unpaired) electrons. The Balaban J connectivity index is 1.69. The summed E-state index contributed by atoms with van der Waals surface area (Å²) in [7, 11) is 1.36. The highest BCUT2D eigenvalue weighted by atomic mass is 32.1. The summed E-state index contributed by atoms with van der Waals surface area (Å²) in [4.78, 5) is 22.8. The minimum Gasteiger partial charge on any atom is -0.469 e. The Morgan fingerprint density at radius 1 is 1.08 bits per heavy atom. The van der Waals surface area contributed by atoms with E-state index in [9.17, 15) is 9.59 Å². The number of carbonyl (C=O) groups is 2. The molecule has 0 spiro atoms. The summed E-state index contributed by atoms with van der Waals surface area (Å²) in [6, 6.07) is 10.2. The van der Waals surface area contributed by atoms with Crippen molar-refractivity contribution in [2.75, 3.05) is 12.4 Å². The third-order valence-electron chi connectivity index (χ3n) is 3.45. The van der Waals surface area contributed by atoms with Crippen molar-refractivity contribution in [1.29, 1.82) is 0 Å². The highest BCUT2D eigenvalue weighted by Gasteiger charge is 2.09. The zero-order valence-electron chi connectivity index (χ0n) is 13.7. The molecule has 1 aromatic heterocycles. The molecule has 1 amide bonds. The lowest BCUT2D eigenvalue weighted by Gasteiger charge is -2.01. The molecule has 1 N–H and O–H groups in total. The molecule has 7 heteroatoms. The fourth-order valence-corrected chi connectivity index (χ4v) is 2.90. The van der Waals surface area contributed by atoms with Crippen molar-refractivity contribution in [1.82, 2.24) is 10.2 Å². The average molecular weight is 347 g/mol. The average Bonchev–Trinajstić information content (AvgIpc) is 3.05. The van der Waals surface area contributed by atoms with E-state index < -0.39 is 0 Å². The summed E-state index contributed by atoms with van der Waals surface area (Å²) in [5.41, 5.74) is 1.25. The fourth-order valence-electron chi connectivity index (χ4n) is 2.14. The van der Waals surface area contributed by atoms with E-state index in [1.54, 1.807) is 0 Å². The number of aryl methyl sites for hydroxylation is 2. The molecule has 2 aromatic rings. The highest BCUT2D eigenvalue weighted by molar-refractivity contribution is 7.15. The van der Waals surface area contributed by atoms with E-state index in [-0.39, 0.29) is 11.9 Å². The number of unbranched alkanes of at least 4 members (excludes halogenated alkanes) is 1. The summed E-state index contributed by atoms with van der Waals surface area (Å²) < 4.78 is 4.55. The molecule has 2 rings (SSSR count). The van der Waals surface area contributed by atoms with Crippen molar-refractivity contribution in [2.24, 2.45) is 0 Å². The largest absolute Gasteiger partial charge is 0.469 e. The van der Waals surface area contributed by atoms with E-state index in [4.69, 9.17) is 0 Å². The Morgan fingerprint density at radius 2 is 1.83 bits per heavy atom. The standard InChI is InChI=1S/C17H21N3O3S/c1-23-16(22)10-6-5-9-14(21)18-17-20-19-15(24-17)12-11-13-7-3-2-4-8-13/h2-4,7-8H,5-6,9-12H2,1H3,(H,18,20,21). The molecule has 0 saturated heterocycles. The second-order valence-electron chi connectivity index (χ2n) is 5.32. The molecule has 0 fully saturated rings. The Bertz CT molecular complexity index is 658. The number of aromatic nitrogens is 2. The first kappa shape index (κ1) is 18.1.